The molecule has 0 aromatic heterocycles. The molecule has 2 aromatic rings. The molecule has 1 atom stereocenters. The van der Waals surface area contributed by atoms with E-state index in [2.05, 4.69) is 15.9 Å². The molecule has 4 heteroatoms. The van der Waals surface area contributed by atoms with E-state index in [-0.39, 0.29) is 5.82 Å². The molecule has 0 saturated heterocycles. The van der Waals surface area contributed by atoms with Gasteiger partial charge in [-0.1, -0.05) is 34.1 Å². The number of nitrogens with two attached hydrogens (primary N) is 1. The van der Waals surface area contributed by atoms with Crippen LogP contribution in [-0.2, 0) is 6.42 Å². The Hall–Kier alpha value is -1.39. The normalized spacial score (nSPS) is 14.9. The van der Waals surface area contributed by atoms with E-state index in [9.17, 15) is 4.39 Å². The Kier molecular flexibility index (Phi) is 3.29. The molecule has 2 nitrogen and oxygen atoms in total. The van der Waals surface area contributed by atoms with Crippen LogP contribution in [0.4, 0.5) is 4.39 Å². The van der Waals surface area contributed by atoms with Gasteiger partial charge in [0.25, 0.3) is 0 Å². The van der Waals surface area contributed by atoms with E-state index < -0.39 is 6.04 Å². The van der Waals surface area contributed by atoms with Gasteiger partial charge in [0.2, 0.25) is 0 Å². The lowest BCUT2D eigenvalue weighted by molar-refractivity contribution is 0.352. The van der Waals surface area contributed by atoms with Crippen molar-refractivity contribution >= 4 is 15.9 Å². The lowest BCUT2D eigenvalue weighted by Gasteiger charge is -2.17. The number of benzene rings is 2. The van der Waals surface area contributed by atoms with Gasteiger partial charge in [-0.2, -0.15) is 0 Å². The molecule has 1 aliphatic rings. The van der Waals surface area contributed by atoms with Gasteiger partial charge in [-0.15, -0.1) is 0 Å². The fourth-order valence-electron chi connectivity index (χ4n) is 2.42. The maximum atomic E-state index is 13.8. The molecule has 98 valence electrons. The molecule has 3 rings (SSSR count). The van der Waals surface area contributed by atoms with Gasteiger partial charge in [0.1, 0.15) is 11.6 Å². The molecule has 0 bridgehead atoms. The van der Waals surface area contributed by atoms with Gasteiger partial charge in [-0.25, -0.2) is 4.39 Å². The second-order valence-electron chi connectivity index (χ2n) is 4.58. The molecule has 1 aliphatic heterocycles. The summed E-state index contributed by atoms with van der Waals surface area (Å²) in [4.78, 5) is 0. The first-order chi connectivity index (χ1) is 9.16. The Labute approximate surface area is 119 Å². The summed E-state index contributed by atoms with van der Waals surface area (Å²) in [7, 11) is 0. The average Bonchev–Trinajstić information content (AvgIpc) is 2.85. The average molecular weight is 322 g/mol. The van der Waals surface area contributed by atoms with Gasteiger partial charge >= 0.3 is 0 Å². The zero-order valence-corrected chi connectivity index (χ0v) is 11.8. The molecule has 0 amide bonds. The minimum Gasteiger partial charge on any atom is -0.493 e. The zero-order chi connectivity index (χ0) is 13.4. The molecular weight excluding hydrogens is 309 g/mol. The van der Waals surface area contributed by atoms with Crippen molar-refractivity contribution in [3.05, 3.63) is 63.4 Å². The van der Waals surface area contributed by atoms with E-state index >= 15 is 0 Å². The largest absolute Gasteiger partial charge is 0.493 e. The number of rotatable bonds is 2. The predicted octanol–water partition coefficient (Wildman–Crippen LogP) is 3.57. The SMILES string of the molecule is NC(c1ccccc1F)c1cc(Br)cc2c1OCC2. The summed E-state index contributed by atoms with van der Waals surface area (Å²) in [5, 5.41) is 0. The third-order valence-corrected chi connectivity index (χ3v) is 3.81. The Morgan fingerprint density at radius 1 is 1.21 bits per heavy atom. The maximum Gasteiger partial charge on any atom is 0.128 e. The predicted molar refractivity (Wildman–Crippen MR) is 75.8 cm³/mol. The lowest BCUT2D eigenvalue weighted by Crippen LogP contribution is -2.14. The highest BCUT2D eigenvalue weighted by Crippen LogP contribution is 2.38. The minimum absolute atomic E-state index is 0.290. The molecule has 0 aliphatic carbocycles. The van der Waals surface area contributed by atoms with Gasteiger partial charge in [0.15, 0.2) is 0 Å². The second-order valence-corrected chi connectivity index (χ2v) is 5.50. The zero-order valence-electron chi connectivity index (χ0n) is 10.2. The Bertz CT molecular complexity index is 630. The van der Waals surface area contributed by atoms with Crippen molar-refractivity contribution in [2.75, 3.05) is 6.61 Å². The molecule has 19 heavy (non-hydrogen) atoms. The molecule has 0 fully saturated rings. The van der Waals surface area contributed by atoms with Gasteiger partial charge in [-0.3, -0.25) is 0 Å². The molecule has 2 aromatic carbocycles. The minimum atomic E-state index is -0.523. The third kappa shape index (κ3) is 2.26. The van der Waals surface area contributed by atoms with Crippen LogP contribution in [0.1, 0.15) is 22.7 Å². The van der Waals surface area contributed by atoms with Crippen LogP contribution in [0, 0.1) is 5.82 Å². The fraction of sp³-hybridized carbons (Fsp3) is 0.200. The van der Waals surface area contributed by atoms with E-state index in [0.29, 0.717) is 12.2 Å². The first-order valence-corrected chi connectivity index (χ1v) is 6.91. The van der Waals surface area contributed by atoms with Gasteiger partial charge in [0.05, 0.1) is 12.6 Å². The van der Waals surface area contributed by atoms with E-state index in [1.165, 1.54) is 6.07 Å². The Morgan fingerprint density at radius 2 is 2.00 bits per heavy atom. The van der Waals surface area contributed by atoms with E-state index in [0.717, 1.165) is 27.8 Å². The first-order valence-electron chi connectivity index (χ1n) is 6.12. The van der Waals surface area contributed by atoms with Crippen molar-refractivity contribution in [3.8, 4) is 5.75 Å². The lowest BCUT2D eigenvalue weighted by atomic mass is 9.96. The highest BCUT2D eigenvalue weighted by atomic mass is 79.9. The highest BCUT2D eigenvalue weighted by Gasteiger charge is 2.23. The summed E-state index contributed by atoms with van der Waals surface area (Å²) in [6, 6.07) is 9.99. The number of hydrogen-bond donors (Lipinski definition) is 1. The van der Waals surface area contributed by atoms with Gasteiger partial charge in [0, 0.05) is 22.0 Å². The number of halogens is 2. The molecular formula is C15H13BrFNO. The fourth-order valence-corrected chi connectivity index (χ4v) is 2.95. The molecule has 1 heterocycles. The number of ether oxygens (including phenoxy) is 1. The first kappa shape index (κ1) is 12.6. The van der Waals surface area contributed by atoms with Gasteiger partial charge < -0.3 is 10.5 Å². The second kappa shape index (κ2) is 4.94. The maximum absolute atomic E-state index is 13.8. The molecule has 0 spiro atoms. The van der Waals surface area contributed by atoms with Crippen LogP contribution in [0.3, 0.4) is 0 Å². The Balaban J connectivity index is 2.10. The Morgan fingerprint density at radius 3 is 2.79 bits per heavy atom. The summed E-state index contributed by atoms with van der Waals surface area (Å²) in [6.07, 6.45) is 0.867. The van der Waals surface area contributed by atoms with E-state index in [4.69, 9.17) is 10.5 Å². The van der Waals surface area contributed by atoms with Crippen LogP contribution in [0.15, 0.2) is 40.9 Å². The van der Waals surface area contributed by atoms with Crippen LogP contribution in [0.5, 0.6) is 5.75 Å². The number of hydrogen-bond acceptors (Lipinski definition) is 2. The molecule has 0 saturated carbocycles. The summed E-state index contributed by atoms with van der Waals surface area (Å²) < 4.78 is 20.4. The van der Waals surface area contributed by atoms with Crippen molar-refractivity contribution in [2.45, 2.75) is 12.5 Å². The smallest absolute Gasteiger partial charge is 0.128 e. The van der Waals surface area contributed by atoms with Crippen molar-refractivity contribution in [1.29, 1.82) is 0 Å². The number of fused-ring (bicyclic) bond motifs is 1. The highest BCUT2D eigenvalue weighted by molar-refractivity contribution is 9.10. The summed E-state index contributed by atoms with van der Waals surface area (Å²) in [5.74, 6) is 0.515. The van der Waals surface area contributed by atoms with Gasteiger partial charge in [-0.05, 0) is 23.8 Å². The topological polar surface area (TPSA) is 35.2 Å². The summed E-state index contributed by atoms with van der Waals surface area (Å²) in [5.41, 5.74) is 8.65. The van der Waals surface area contributed by atoms with Crippen LogP contribution in [0.25, 0.3) is 0 Å². The van der Waals surface area contributed by atoms with E-state index in [1.807, 2.05) is 12.1 Å². The van der Waals surface area contributed by atoms with Crippen molar-refractivity contribution in [1.82, 2.24) is 0 Å². The third-order valence-electron chi connectivity index (χ3n) is 3.35. The molecule has 0 radical (unpaired) electrons. The summed E-state index contributed by atoms with van der Waals surface area (Å²) in [6.45, 7) is 0.656. The molecule has 1 unspecified atom stereocenters. The van der Waals surface area contributed by atoms with Crippen LogP contribution in [-0.4, -0.2) is 6.61 Å². The standard InChI is InChI=1S/C15H13BrFNO/c16-10-7-9-5-6-19-15(9)12(8-10)14(18)11-3-1-2-4-13(11)17/h1-4,7-8,14H,5-6,18H2. The monoisotopic (exact) mass is 321 g/mol. The van der Waals surface area contributed by atoms with Crippen molar-refractivity contribution in [3.63, 3.8) is 0 Å². The van der Waals surface area contributed by atoms with Crippen LogP contribution >= 0.6 is 15.9 Å². The quantitative estimate of drug-likeness (QED) is 0.917. The van der Waals surface area contributed by atoms with Crippen molar-refractivity contribution < 1.29 is 9.13 Å². The van der Waals surface area contributed by atoms with E-state index in [1.54, 1.807) is 18.2 Å². The van der Waals surface area contributed by atoms with Crippen LogP contribution in [0.2, 0.25) is 0 Å². The van der Waals surface area contributed by atoms with Crippen molar-refractivity contribution in [2.24, 2.45) is 5.73 Å². The molecule has 2 N–H and O–H groups in total. The summed E-state index contributed by atoms with van der Waals surface area (Å²) >= 11 is 3.47. The van der Waals surface area contributed by atoms with Crippen LogP contribution < -0.4 is 10.5 Å².